The Morgan fingerprint density at radius 3 is 2.55 bits per heavy atom. The van der Waals surface area contributed by atoms with Crippen molar-refractivity contribution in [1.82, 2.24) is 9.78 Å². The molecular formula is C13H13N3O6. The van der Waals surface area contributed by atoms with Gasteiger partial charge in [-0.2, -0.15) is 0 Å². The molecule has 9 heteroatoms. The first-order valence-corrected chi connectivity index (χ1v) is 6.12. The molecule has 9 nitrogen and oxygen atoms in total. The van der Waals surface area contributed by atoms with Crippen LogP contribution in [0.3, 0.4) is 0 Å². The fourth-order valence-corrected chi connectivity index (χ4v) is 1.93. The van der Waals surface area contributed by atoms with E-state index in [-0.39, 0.29) is 12.2 Å². The van der Waals surface area contributed by atoms with Crippen LogP contribution in [0, 0.1) is 10.1 Å². The van der Waals surface area contributed by atoms with Crippen LogP contribution in [-0.4, -0.2) is 40.0 Å². The van der Waals surface area contributed by atoms with Crippen molar-refractivity contribution in [3.63, 3.8) is 0 Å². The van der Waals surface area contributed by atoms with Crippen molar-refractivity contribution >= 4 is 11.8 Å². The van der Waals surface area contributed by atoms with E-state index in [0.29, 0.717) is 17.1 Å². The van der Waals surface area contributed by atoms with E-state index in [1.165, 1.54) is 14.2 Å². The van der Waals surface area contributed by atoms with Gasteiger partial charge >= 0.3 is 11.8 Å². The number of aromatic nitrogens is 2. The van der Waals surface area contributed by atoms with Crippen LogP contribution in [0.25, 0.3) is 0 Å². The van der Waals surface area contributed by atoms with Crippen molar-refractivity contribution in [3.8, 4) is 11.5 Å². The Balaban J connectivity index is 2.38. The van der Waals surface area contributed by atoms with Crippen LogP contribution < -0.4 is 9.47 Å². The Hall–Kier alpha value is -3.10. The van der Waals surface area contributed by atoms with Crippen molar-refractivity contribution in [2.75, 3.05) is 14.2 Å². The van der Waals surface area contributed by atoms with E-state index in [1.807, 2.05) is 0 Å². The molecule has 0 bridgehead atoms. The van der Waals surface area contributed by atoms with Crippen molar-refractivity contribution in [1.29, 1.82) is 0 Å². The predicted octanol–water partition coefficient (Wildman–Crippen LogP) is 1.55. The van der Waals surface area contributed by atoms with Gasteiger partial charge in [-0.3, -0.25) is 0 Å². The Labute approximate surface area is 124 Å². The van der Waals surface area contributed by atoms with E-state index in [0.717, 1.165) is 10.7 Å². The fourth-order valence-electron chi connectivity index (χ4n) is 1.93. The Morgan fingerprint density at radius 2 is 2.00 bits per heavy atom. The first-order chi connectivity index (χ1) is 10.5. The number of rotatable bonds is 6. The van der Waals surface area contributed by atoms with Crippen molar-refractivity contribution in [2.24, 2.45) is 0 Å². The van der Waals surface area contributed by atoms with Crippen LogP contribution in [0.1, 0.15) is 16.1 Å². The molecule has 0 radical (unpaired) electrons. The minimum Gasteiger partial charge on any atom is -0.493 e. The molecule has 1 aromatic carbocycles. The van der Waals surface area contributed by atoms with Gasteiger partial charge in [-0.05, 0) is 22.6 Å². The van der Waals surface area contributed by atoms with Crippen LogP contribution in [-0.2, 0) is 6.54 Å². The lowest BCUT2D eigenvalue weighted by Gasteiger charge is -2.08. The number of nitrogens with zero attached hydrogens (tertiary/aromatic N) is 3. The van der Waals surface area contributed by atoms with Crippen molar-refractivity contribution in [2.45, 2.75) is 6.54 Å². The number of aromatic carboxylic acids is 1. The lowest BCUT2D eigenvalue weighted by atomic mass is 10.2. The van der Waals surface area contributed by atoms with Gasteiger partial charge in [0.15, 0.2) is 17.2 Å². The molecular weight excluding hydrogens is 294 g/mol. The van der Waals surface area contributed by atoms with Gasteiger partial charge in [-0.25, -0.2) is 4.79 Å². The lowest BCUT2D eigenvalue weighted by molar-refractivity contribution is -0.392. The molecule has 0 atom stereocenters. The number of nitro groups is 1. The number of ether oxygens (including phenoxy) is 2. The second kappa shape index (κ2) is 6.12. The summed E-state index contributed by atoms with van der Waals surface area (Å²) in [6.07, 6.45) is 0. The third-order valence-electron chi connectivity index (χ3n) is 2.95. The number of carboxylic acids is 1. The summed E-state index contributed by atoms with van der Waals surface area (Å²) >= 11 is 0. The molecule has 0 saturated heterocycles. The molecule has 2 aromatic rings. The highest BCUT2D eigenvalue weighted by atomic mass is 16.6. The van der Waals surface area contributed by atoms with Gasteiger partial charge in [0.2, 0.25) is 0 Å². The van der Waals surface area contributed by atoms with Gasteiger partial charge in [0.25, 0.3) is 0 Å². The second-order valence-electron chi connectivity index (χ2n) is 4.30. The van der Waals surface area contributed by atoms with Crippen LogP contribution in [0.2, 0.25) is 0 Å². The van der Waals surface area contributed by atoms with E-state index in [2.05, 4.69) is 5.10 Å². The topological polar surface area (TPSA) is 117 Å². The average Bonchev–Trinajstić information content (AvgIpc) is 2.91. The molecule has 1 aromatic heterocycles. The molecule has 0 spiro atoms. The maximum Gasteiger partial charge on any atom is 0.358 e. The number of benzene rings is 1. The normalized spacial score (nSPS) is 10.3. The van der Waals surface area contributed by atoms with Gasteiger partial charge in [0.05, 0.1) is 20.3 Å². The number of hydrogen-bond acceptors (Lipinski definition) is 6. The summed E-state index contributed by atoms with van der Waals surface area (Å²) in [7, 11) is 2.97. The van der Waals surface area contributed by atoms with E-state index >= 15 is 0 Å². The van der Waals surface area contributed by atoms with E-state index in [1.54, 1.807) is 18.2 Å². The van der Waals surface area contributed by atoms with Crippen LogP contribution in [0.4, 0.5) is 5.82 Å². The highest BCUT2D eigenvalue weighted by Gasteiger charge is 2.22. The van der Waals surface area contributed by atoms with Crippen LogP contribution >= 0.6 is 0 Å². The number of methoxy groups -OCH3 is 2. The lowest BCUT2D eigenvalue weighted by Crippen LogP contribution is -2.07. The highest BCUT2D eigenvalue weighted by molar-refractivity contribution is 5.85. The maximum absolute atomic E-state index is 11.0. The van der Waals surface area contributed by atoms with E-state index in [9.17, 15) is 14.9 Å². The Bertz CT molecular complexity index is 725. The highest BCUT2D eigenvalue weighted by Crippen LogP contribution is 2.28. The first kappa shape index (κ1) is 15.3. The summed E-state index contributed by atoms with van der Waals surface area (Å²) in [5.41, 5.74) is 0.271. The smallest absolute Gasteiger partial charge is 0.358 e. The molecule has 22 heavy (non-hydrogen) atoms. The third-order valence-corrected chi connectivity index (χ3v) is 2.95. The third kappa shape index (κ3) is 2.97. The summed E-state index contributed by atoms with van der Waals surface area (Å²) in [6.45, 7) is 0.0317. The van der Waals surface area contributed by atoms with Gasteiger partial charge in [0.1, 0.15) is 6.54 Å². The second-order valence-corrected chi connectivity index (χ2v) is 4.30. The minimum atomic E-state index is -1.32. The Kier molecular flexibility index (Phi) is 4.25. The zero-order valence-electron chi connectivity index (χ0n) is 11.8. The van der Waals surface area contributed by atoms with Crippen molar-refractivity contribution in [3.05, 3.63) is 45.6 Å². The molecule has 0 unspecified atom stereocenters. The average molecular weight is 307 g/mol. The summed E-state index contributed by atoms with van der Waals surface area (Å²) in [4.78, 5) is 21.2. The van der Waals surface area contributed by atoms with Gasteiger partial charge in [-0.1, -0.05) is 11.2 Å². The number of hydrogen-bond donors (Lipinski definition) is 1. The molecule has 0 saturated carbocycles. The largest absolute Gasteiger partial charge is 0.493 e. The SMILES string of the molecule is COc1ccc(Cn2nc(C(=O)O)cc2[N+](=O)[O-])cc1OC. The predicted molar refractivity (Wildman–Crippen MR) is 74.5 cm³/mol. The molecule has 0 aliphatic carbocycles. The molecule has 0 aliphatic rings. The molecule has 0 aliphatic heterocycles. The summed E-state index contributed by atoms with van der Waals surface area (Å²) in [6, 6.07) is 5.91. The molecule has 1 heterocycles. The summed E-state index contributed by atoms with van der Waals surface area (Å²) < 4.78 is 11.3. The molecule has 0 amide bonds. The molecule has 2 rings (SSSR count). The van der Waals surface area contributed by atoms with Gasteiger partial charge in [0, 0.05) is 0 Å². The van der Waals surface area contributed by atoms with Gasteiger partial charge in [-0.15, -0.1) is 4.68 Å². The fraction of sp³-hybridized carbons (Fsp3) is 0.231. The number of carbonyl (C=O) groups is 1. The van der Waals surface area contributed by atoms with E-state index < -0.39 is 16.7 Å². The summed E-state index contributed by atoms with van der Waals surface area (Å²) in [5, 5.41) is 23.6. The molecule has 116 valence electrons. The van der Waals surface area contributed by atoms with E-state index in [4.69, 9.17) is 14.6 Å². The molecule has 1 N–H and O–H groups in total. The van der Waals surface area contributed by atoms with Gasteiger partial charge < -0.3 is 24.7 Å². The van der Waals surface area contributed by atoms with Crippen molar-refractivity contribution < 1.29 is 24.3 Å². The zero-order chi connectivity index (χ0) is 16.3. The number of carboxylic acid groups (broad SMARTS) is 1. The summed E-state index contributed by atoms with van der Waals surface area (Å²) in [5.74, 6) is -0.734. The first-order valence-electron chi connectivity index (χ1n) is 6.12. The monoisotopic (exact) mass is 307 g/mol. The zero-order valence-corrected chi connectivity index (χ0v) is 11.8. The molecule has 0 fully saturated rings. The standard InChI is InChI=1S/C13H13N3O6/c1-21-10-4-3-8(5-11(10)22-2)7-15-12(16(19)20)6-9(14-15)13(17)18/h3-6H,7H2,1-2H3,(H,17,18). The quantitative estimate of drug-likeness (QED) is 0.635. The Morgan fingerprint density at radius 1 is 1.32 bits per heavy atom. The van der Waals surface area contributed by atoms with Crippen LogP contribution in [0.5, 0.6) is 11.5 Å². The van der Waals surface area contributed by atoms with Crippen LogP contribution in [0.15, 0.2) is 24.3 Å². The minimum absolute atomic E-state index is 0.0317. The maximum atomic E-state index is 11.0.